The van der Waals surface area contributed by atoms with Crippen molar-refractivity contribution >= 4 is 50.7 Å². The summed E-state index contributed by atoms with van der Waals surface area (Å²) in [6.07, 6.45) is 0.629. The molecule has 0 aromatic carbocycles. The zero-order chi connectivity index (χ0) is 15.9. The lowest BCUT2D eigenvalue weighted by atomic mass is 9.84. The molecule has 1 aliphatic heterocycles. The average Bonchev–Trinajstić information content (AvgIpc) is 2.67. The van der Waals surface area contributed by atoms with E-state index in [2.05, 4.69) is 15.9 Å². The largest absolute Gasteiger partial charge is 0.481 e. The van der Waals surface area contributed by atoms with E-state index in [0.717, 1.165) is 9.35 Å². The molecule has 1 aromatic rings. The molecule has 2 atom stereocenters. The van der Waals surface area contributed by atoms with Gasteiger partial charge in [-0.2, -0.15) is 0 Å². The molecule has 0 spiro atoms. The summed E-state index contributed by atoms with van der Waals surface area (Å²) < 4.78 is 1.31. The van der Waals surface area contributed by atoms with Gasteiger partial charge in [-0.1, -0.05) is 11.6 Å². The Bertz CT molecular complexity index is 562. The molecule has 1 aromatic heterocycles. The van der Waals surface area contributed by atoms with Gasteiger partial charge in [-0.05, 0) is 49.2 Å². The van der Waals surface area contributed by atoms with Crippen molar-refractivity contribution in [2.24, 2.45) is 5.92 Å². The third-order valence-corrected chi connectivity index (χ3v) is 6.14. The predicted octanol–water partition coefficient (Wildman–Crippen LogP) is 4.33. The summed E-state index contributed by atoms with van der Waals surface area (Å²) in [5.74, 6) is -1.49. The topological polar surface area (TPSA) is 57.6 Å². The number of halogens is 2. The summed E-state index contributed by atoms with van der Waals surface area (Å²) in [5.41, 5.74) is -0.446. The second-order valence-electron chi connectivity index (χ2n) is 6.13. The molecular formula is C14H17BrClNO3S. The van der Waals surface area contributed by atoms with Gasteiger partial charge in [0.05, 0.1) is 12.0 Å². The third-order valence-electron chi connectivity index (χ3n) is 3.59. The Morgan fingerprint density at radius 3 is 2.57 bits per heavy atom. The van der Waals surface area contributed by atoms with Crippen molar-refractivity contribution in [2.75, 3.05) is 0 Å². The number of carboxylic acid groups (broad SMARTS) is 1. The fraction of sp³-hybridized carbons (Fsp3) is 0.571. The smallest absolute Gasteiger partial charge is 0.308 e. The molecule has 116 valence electrons. The molecule has 7 heteroatoms. The van der Waals surface area contributed by atoms with Crippen LogP contribution in [0, 0.1) is 5.92 Å². The first kappa shape index (κ1) is 16.8. The van der Waals surface area contributed by atoms with E-state index in [9.17, 15) is 14.7 Å². The Kier molecular flexibility index (Phi) is 4.71. The number of aliphatic carboxylic acids is 1. The highest BCUT2D eigenvalue weighted by molar-refractivity contribution is 9.10. The van der Waals surface area contributed by atoms with Crippen LogP contribution in [-0.4, -0.2) is 27.4 Å². The molecule has 0 aliphatic carbocycles. The van der Waals surface area contributed by atoms with Crippen LogP contribution in [-0.2, 0) is 9.59 Å². The highest BCUT2D eigenvalue weighted by Crippen LogP contribution is 2.46. The molecule has 0 saturated carbocycles. The Hall–Kier alpha value is -0.590. The van der Waals surface area contributed by atoms with Crippen molar-refractivity contribution in [3.05, 3.63) is 19.8 Å². The maximum absolute atomic E-state index is 12.4. The minimum Gasteiger partial charge on any atom is -0.481 e. The third kappa shape index (κ3) is 3.27. The van der Waals surface area contributed by atoms with E-state index in [1.54, 1.807) is 4.90 Å². The Morgan fingerprint density at radius 2 is 2.14 bits per heavy atom. The molecule has 2 rings (SSSR count). The first-order valence-electron chi connectivity index (χ1n) is 6.62. The highest BCUT2D eigenvalue weighted by atomic mass is 79.9. The van der Waals surface area contributed by atoms with E-state index in [0.29, 0.717) is 10.8 Å². The second-order valence-corrected chi connectivity index (χ2v) is 8.67. The van der Waals surface area contributed by atoms with Crippen LogP contribution in [0.5, 0.6) is 0 Å². The van der Waals surface area contributed by atoms with Crippen LogP contribution < -0.4 is 0 Å². The lowest BCUT2D eigenvalue weighted by Gasteiger charge is -2.46. The van der Waals surface area contributed by atoms with Crippen molar-refractivity contribution in [2.45, 2.75) is 45.2 Å². The van der Waals surface area contributed by atoms with Gasteiger partial charge in [0.2, 0.25) is 5.91 Å². The molecule has 2 unspecified atom stereocenters. The van der Waals surface area contributed by atoms with Gasteiger partial charge in [0.15, 0.2) is 0 Å². The van der Waals surface area contributed by atoms with Crippen LogP contribution in [0.15, 0.2) is 10.5 Å². The number of amides is 1. The van der Waals surface area contributed by atoms with Crippen LogP contribution in [0.2, 0.25) is 4.34 Å². The minimum atomic E-state index is -0.873. The lowest BCUT2D eigenvalue weighted by Crippen LogP contribution is -2.53. The monoisotopic (exact) mass is 393 g/mol. The quantitative estimate of drug-likeness (QED) is 0.812. The molecule has 2 heterocycles. The van der Waals surface area contributed by atoms with Gasteiger partial charge in [0, 0.05) is 21.3 Å². The molecule has 4 nitrogen and oxygen atoms in total. The summed E-state index contributed by atoms with van der Waals surface area (Å²) in [6.45, 7) is 5.77. The number of carboxylic acids is 1. The zero-order valence-electron chi connectivity index (χ0n) is 12.0. The molecular weight excluding hydrogens is 378 g/mol. The summed E-state index contributed by atoms with van der Waals surface area (Å²) in [7, 11) is 0. The molecule has 0 radical (unpaired) electrons. The van der Waals surface area contributed by atoms with Gasteiger partial charge in [-0.3, -0.25) is 9.59 Å². The normalized spacial score (nSPS) is 23.5. The summed E-state index contributed by atoms with van der Waals surface area (Å²) in [4.78, 5) is 26.5. The summed E-state index contributed by atoms with van der Waals surface area (Å²) in [6, 6.07) is 1.35. The SMILES string of the molecule is CC(C)(C)N1C(=O)CCC(C(=O)O)C1c1cc(Br)c(Cl)s1. The number of rotatable bonds is 2. The molecule has 1 saturated heterocycles. The zero-order valence-corrected chi connectivity index (χ0v) is 15.2. The fourth-order valence-electron chi connectivity index (χ4n) is 2.78. The van der Waals surface area contributed by atoms with Crippen LogP contribution in [0.1, 0.15) is 44.5 Å². The van der Waals surface area contributed by atoms with Crippen LogP contribution in [0.3, 0.4) is 0 Å². The van der Waals surface area contributed by atoms with Crippen molar-refractivity contribution in [1.29, 1.82) is 0 Å². The van der Waals surface area contributed by atoms with Crippen LogP contribution >= 0.6 is 38.9 Å². The van der Waals surface area contributed by atoms with E-state index < -0.39 is 23.5 Å². The Labute approximate surface area is 141 Å². The fourth-order valence-corrected chi connectivity index (χ4v) is 4.67. The molecule has 1 N–H and O–H groups in total. The Morgan fingerprint density at radius 1 is 1.52 bits per heavy atom. The molecule has 1 aliphatic rings. The molecule has 1 fully saturated rings. The average molecular weight is 395 g/mol. The number of carbonyl (C=O) groups excluding carboxylic acids is 1. The van der Waals surface area contributed by atoms with Crippen LogP contribution in [0.25, 0.3) is 0 Å². The van der Waals surface area contributed by atoms with Gasteiger partial charge in [-0.25, -0.2) is 0 Å². The van der Waals surface area contributed by atoms with Gasteiger partial charge in [-0.15, -0.1) is 11.3 Å². The highest BCUT2D eigenvalue weighted by Gasteiger charge is 2.45. The van der Waals surface area contributed by atoms with Gasteiger partial charge in [0.1, 0.15) is 4.34 Å². The molecule has 21 heavy (non-hydrogen) atoms. The maximum Gasteiger partial charge on any atom is 0.308 e. The van der Waals surface area contributed by atoms with Crippen molar-refractivity contribution < 1.29 is 14.7 Å². The lowest BCUT2D eigenvalue weighted by molar-refractivity contribution is -0.156. The maximum atomic E-state index is 12.4. The minimum absolute atomic E-state index is 0.00866. The first-order chi connectivity index (χ1) is 9.62. The standard InChI is InChI=1S/C14H17BrClNO3S/c1-14(2,3)17-10(18)5-4-7(13(19)20)11(17)9-6-8(15)12(16)21-9/h6-7,11H,4-5H2,1-3H3,(H,19,20). The number of hydrogen-bond acceptors (Lipinski definition) is 3. The number of thiophene rings is 1. The van der Waals surface area contributed by atoms with Gasteiger partial charge < -0.3 is 10.0 Å². The van der Waals surface area contributed by atoms with E-state index in [1.807, 2.05) is 26.8 Å². The van der Waals surface area contributed by atoms with E-state index in [1.165, 1.54) is 11.3 Å². The van der Waals surface area contributed by atoms with Gasteiger partial charge in [0.25, 0.3) is 0 Å². The number of likely N-dealkylation sites (tertiary alicyclic amines) is 1. The van der Waals surface area contributed by atoms with Crippen molar-refractivity contribution in [3.8, 4) is 0 Å². The van der Waals surface area contributed by atoms with Crippen molar-refractivity contribution in [1.82, 2.24) is 4.90 Å². The Balaban J connectivity index is 2.54. The van der Waals surface area contributed by atoms with Crippen molar-refractivity contribution in [3.63, 3.8) is 0 Å². The van der Waals surface area contributed by atoms with E-state index in [-0.39, 0.29) is 12.3 Å². The predicted molar refractivity (Wildman–Crippen MR) is 86.7 cm³/mol. The number of nitrogens with zero attached hydrogens (tertiary/aromatic N) is 1. The first-order valence-corrected chi connectivity index (χ1v) is 8.61. The van der Waals surface area contributed by atoms with Crippen LogP contribution in [0.4, 0.5) is 0 Å². The summed E-state index contributed by atoms with van der Waals surface area (Å²) >= 11 is 10.8. The number of piperidine rings is 1. The molecule has 1 amide bonds. The van der Waals surface area contributed by atoms with Gasteiger partial charge >= 0.3 is 5.97 Å². The number of carbonyl (C=O) groups is 2. The number of hydrogen-bond donors (Lipinski definition) is 1. The van der Waals surface area contributed by atoms with E-state index in [4.69, 9.17) is 11.6 Å². The van der Waals surface area contributed by atoms with E-state index >= 15 is 0 Å². The summed E-state index contributed by atoms with van der Waals surface area (Å²) in [5, 5.41) is 9.54. The second kappa shape index (κ2) is 5.89. The molecule has 0 bridgehead atoms.